The number of aryl methyl sites for hydroxylation is 1. The number of ether oxygens (including phenoxy) is 2. The average molecular weight is 489 g/mol. The number of carboxylic acid groups (broad SMARTS) is 1. The topological polar surface area (TPSA) is 134 Å². The predicted octanol–water partition coefficient (Wildman–Crippen LogP) is 2.42. The fourth-order valence-electron chi connectivity index (χ4n) is 3.57. The van der Waals surface area contributed by atoms with Crippen LogP contribution in [-0.4, -0.2) is 45.7 Å². The number of aromatic nitrogens is 2. The lowest BCUT2D eigenvalue weighted by molar-refractivity contribution is -0.146. The summed E-state index contributed by atoms with van der Waals surface area (Å²) in [7, 11) is 1.40. The highest BCUT2D eigenvalue weighted by molar-refractivity contribution is 7.20. The van der Waals surface area contributed by atoms with Crippen molar-refractivity contribution in [3.8, 4) is 5.75 Å². The zero-order chi connectivity index (χ0) is 25.4. The van der Waals surface area contributed by atoms with Crippen molar-refractivity contribution in [2.24, 2.45) is 0 Å². The minimum Gasteiger partial charge on any atom is -0.496 e. The van der Waals surface area contributed by atoms with Crippen molar-refractivity contribution in [2.75, 3.05) is 13.7 Å². The molecule has 0 fully saturated rings. The fourth-order valence-corrected chi connectivity index (χ4v) is 4.76. The van der Waals surface area contributed by atoms with Gasteiger partial charge in [-0.25, -0.2) is 19.0 Å². The summed E-state index contributed by atoms with van der Waals surface area (Å²) < 4.78 is 11.9. The van der Waals surface area contributed by atoms with E-state index in [1.807, 2.05) is 0 Å². The second-order valence-corrected chi connectivity index (χ2v) is 8.95. The molecule has 180 valence electrons. The number of esters is 1. The van der Waals surface area contributed by atoms with Gasteiger partial charge in [-0.2, -0.15) is 0 Å². The smallest absolute Gasteiger partial charge is 0.348 e. The highest BCUT2D eigenvalue weighted by Crippen LogP contribution is 2.30. The minimum atomic E-state index is -1.92. The third kappa shape index (κ3) is 4.03. The lowest BCUT2D eigenvalue weighted by Gasteiger charge is -2.23. The summed E-state index contributed by atoms with van der Waals surface area (Å²) >= 11 is 0.846. The zero-order valence-corrected chi connectivity index (χ0v) is 20.1. The molecule has 3 rings (SSSR count). The van der Waals surface area contributed by atoms with Gasteiger partial charge in [-0.3, -0.25) is 14.2 Å². The maximum Gasteiger partial charge on any atom is 0.348 e. The van der Waals surface area contributed by atoms with Crippen LogP contribution in [-0.2, 0) is 21.6 Å². The standard InChI is InChI=1S/C23H24N2O8S/c1-6-33-20(28)17-12(2)16-18(27)25(23(3,4)21(29)30)22(31)24(19(16)34-17)11-14(26)13-9-7-8-10-15(13)32-5/h7-10H,6,11H2,1-5H3,(H,29,30). The first-order valence-corrected chi connectivity index (χ1v) is 11.1. The van der Waals surface area contributed by atoms with Crippen LogP contribution in [0.25, 0.3) is 10.2 Å². The van der Waals surface area contributed by atoms with Crippen molar-refractivity contribution >= 4 is 39.3 Å². The summed E-state index contributed by atoms with van der Waals surface area (Å²) in [6.45, 7) is 5.16. The van der Waals surface area contributed by atoms with Gasteiger partial charge in [0, 0.05) is 0 Å². The number of methoxy groups -OCH3 is 1. The Morgan fingerprint density at radius 1 is 1.15 bits per heavy atom. The van der Waals surface area contributed by atoms with E-state index >= 15 is 0 Å². The molecule has 0 saturated carbocycles. The summed E-state index contributed by atoms with van der Waals surface area (Å²) in [4.78, 5) is 64.6. The van der Waals surface area contributed by atoms with E-state index in [4.69, 9.17) is 9.47 Å². The highest BCUT2D eigenvalue weighted by atomic mass is 32.1. The summed E-state index contributed by atoms with van der Waals surface area (Å²) in [5.74, 6) is -2.29. The van der Waals surface area contributed by atoms with Crippen molar-refractivity contribution in [3.63, 3.8) is 0 Å². The molecule has 0 aliphatic heterocycles. The van der Waals surface area contributed by atoms with E-state index in [0.717, 1.165) is 15.9 Å². The molecule has 0 unspecified atom stereocenters. The maximum absolute atomic E-state index is 13.5. The van der Waals surface area contributed by atoms with Gasteiger partial charge in [0.1, 0.15) is 21.0 Å². The van der Waals surface area contributed by atoms with E-state index in [1.165, 1.54) is 33.9 Å². The van der Waals surface area contributed by atoms with Gasteiger partial charge in [0.15, 0.2) is 5.78 Å². The van der Waals surface area contributed by atoms with Crippen molar-refractivity contribution in [1.82, 2.24) is 9.13 Å². The molecule has 3 aromatic rings. The number of nitrogens with zero attached hydrogens (tertiary/aromatic N) is 2. The van der Waals surface area contributed by atoms with Gasteiger partial charge in [-0.15, -0.1) is 11.3 Å². The van der Waals surface area contributed by atoms with Crippen LogP contribution in [0.3, 0.4) is 0 Å². The molecule has 1 N–H and O–H groups in total. The number of hydrogen-bond donors (Lipinski definition) is 1. The van der Waals surface area contributed by atoms with Gasteiger partial charge >= 0.3 is 17.6 Å². The number of thiophene rings is 1. The number of para-hydroxylation sites is 1. The van der Waals surface area contributed by atoms with E-state index in [0.29, 0.717) is 10.3 Å². The molecule has 0 aliphatic carbocycles. The molecule has 1 aromatic carbocycles. The van der Waals surface area contributed by atoms with Gasteiger partial charge in [0.25, 0.3) is 5.56 Å². The number of benzene rings is 1. The van der Waals surface area contributed by atoms with Crippen LogP contribution < -0.4 is 16.0 Å². The molecular formula is C23H24N2O8S. The Balaban J connectivity index is 2.37. The van der Waals surface area contributed by atoms with E-state index in [2.05, 4.69) is 0 Å². The molecule has 0 atom stereocenters. The van der Waals surface area contributed by atoms with E-state index < -0.39 is 41.1 Å². The zero-order valence-electron chi connectivity index (χ0n) is 19.3. The number of carbonyl (C=O) groups excluding carboxylic acids is 2. The first-order chi connectivity index (χ1) is 16.0. The number of hydrogen-bond acceptors (Lipinski definition) is 8. The van der Waals surface area contributed by atoms with Gasteiger partial charge in [-0.1, -0.05) is 12.1 Å². The number of ketones is 1. The number of Topliss-reactive ketones (excluding diaryl/α,β-unsaturated/α-hetero) is 1. The molecule has 10 nitrogen and oxygen atoms in total. The van der Waals surface area contributed by atoms with Crippen molar-refractivity contribution < 1.29 is 29.0 Å². The first kappa shape index (κ1) is 24.9. The molecule has 0 spiro atoms. The molecule has 2 aromatic heterocycles. The van der Waals surface area contributed by atoms with Crippen LogP contribution in [0.4, 0.5) is 0 Å². The second kappa shape index (κ2) is 9.26. The predicted molar refractivity (Wildman–Crippen MR) is 125 cm³/mol. The van der Waals surface area contributed by atoms with Gasteiger partial charge < -0.3 is 14.6 Å². The minimum absolute atomic E-state index is 0.0187. The number of aliphatic carboxylic acids is 1. The lowest BCUT2D eigenvalue weighted by Crippen LogP contribution is -2.52. The van der Waals surface area contributed by atoms with Gasteiger partial charge in [0.2, 0.25) is 0 Å². The summed E-state index contributed by atoms with van der Waals surface area (Å²) in [6.07, 6.45) is 0. The Hall–Kier alpha value is -3.73. The Morgan fingerprint density at radius 3 is 2.38 bits per heavy atom. The SMILES string of the molecule is CCOC(=O)c1sc2c(c1C)c(=O)n(C(C)(C)C(=O)O)c(=O)n2CC(=O)c1ccccc1OC. The van der Waals surface area contributed by atoms with Gasteiger partial charge in [-0.05, 0) is 45.4 Å². The van der Waals surface area contributed by atoms with E-state index in [-0.39, 0.29) is 32.8 Å². The number of carboxylic acids is 1. The van der Waals surface area contributed by atoms with Crippen molar-refractivity contribution in [3.05, 3.63) is 61.1 Å². The van der Waals surface area contributed by atoms with Crippen molar-refractivity contribution in [2.45, 2.75) is 39.8 Å². The highest BCUT2D eigenvalue weighted by Gasteiger charge is 2.36. The third-order valence-corrected chi connectivity index (χ3v) is 6.76. The fraction of sp³-hybridized carbons (Fsp3) is 0.348. The second-order valence-electron chi connectivity index (χ2n) is 7.95. The molecule has 0 saturated heterocycles. The third-order valence-electron chi connectivity index (χ3n) is 5.46. The molecular weight excluding hydrogens is 464 g/mol. The number of carbonyl (C=O) groups is 3. The average Bonchev–Trinajstić information content (AvgIpc) is 3.13. The van der Waals surface area contributed by atoms with Crippen LogP contribution in [0.15, 0.2) is 33.9 Å². The van der Waals surface area contributed by atoms with E-state index in [9.17, 15) is 29.1 Å². The molecule has 0 radical (unpaired) electrons. The Bertz CT molecular complexity index is 1430. The summed E-state index contributed by atoms with van der Waals surface area (Å²) in [5, 5.41) is 9.69. The number of fused-ring (bicyclic) bond motifs is 1. The van der Waals surface area contributed by atoms with Crippen molar-refractivity contribution in [1.29, 1.82) is 0 Å². The first-order valence-electron chi connectivity index (χ1n) is 10.3. The lowest BCUT2D eigenvalue weighted by atomic mass is 10.1. The van der Waals surface area contributed by atoms with E-state index in [1.54, 1.807) is 25.1 Å². The quantitative estimate of drug-likeness (QED) is 0.377. The Kier molecular flexibility index (Phi) is 6.78. The number of rotatable bonds is 8. The normalized spacial score (nSPS) is 11.4. The van der Waals surface area contributed by atoms with Crippen LogP contribution >= 0.6 is 11.3 Å². The molecule has 0 amide bonds. The largest absolute Gasteiger partial charge is 0.496 e. The van der Waals surface area contributed by atoms with Crippen LogP contribution in [0, 0.1) is 6.92 Å². The van der Waals surface area contributed by atoms with Crippen LogP contribution in [0.2, 0.25) is 0 Å². The summed E-state index contributed by atoms with van der Waals surface area (Å²) in [6, 6.07) is 6.44. The van der Waals surface area contributed by atoms with Crippen LogP contribution in [0.5, 0.6) is 5.75 Å². The molecule has 34 heavy (non-hydrogen) atoms. The molecule has 0 aliphatic rings. The molecule has 0 bridgehead atoms. The summed E-state index contributed by atoms with van der Waals surface area (Å²) in [5.41, 5.74) is -3.31. The monoisotopic (exact) mass is 488 g/mol. The Morgan fingerprint density at radius 2 is 1.79 bits per heavy atom. The van der Waals surface area contributed by atoms with Crippen LogP contribution in [0.1, 0.15) is 46.4 Å². The molecule has 2 heterocycles. The Labute approximate surface area is 198 Å². The maximum atomic E-state index is 13.5. The molecule has 11 heteroatoms. The van der Waals surface area contributed by atoms with Gasteiger partial charge in [0.05, 0.1) is 31.2 Å².